The van der Waals surface area contributed by atoms with Crippen LogP contribution in [-0.2, 0) is 14.4 Å². The van der Waals surface area contributed by atoms with Gasteiger partial charge in [0.1, 0.15) is 17.2 Å². The van der Waals surface area contributed by atoms with Gasteiger partial charge in [-0.05, 0) is 52.2 Å². The van der Waals surface area contributed by atoms with E-state index in [0.717, 1.165) is 21.9 Å². The summed E-state index contributed by atoms with van der Waals surface area (Å²) in [6, 6.07) is 26.0. The molecule has 1 saturated heterocycles. The van der Waals surface area contributed by atoms with Gasteiger partial charge in [-0.2, -0.15) is 0 Å². The molecule has 0 unspecified atom stereocenters. The summed E-state index contributed by atoms with van der Waals surface area (Å²) in [5.74, 6) is -2.92. The minimum absolute atomic E-state index is 0.361. The molecule has 3 aliphatic rings. The fourth-order valence-electron chi connectivity index (χ4n) is 6.54. The summed E-state index contributed by atoms with van der Waals surface area (Å²) in [7, 11) is 3.09. The third kappa shape index (κ3) is 3.40. The van der Waals surface area contributed by atoms with Crippen LogP contribution in [-0.4, -0.2) is 32.0 Å². The maximum atomic E-state index is 14.3. The Morgan fingerprint density at radius 1 is 0.750 bits per heavy atom. The first-order valence-electron chi connectivity index (χ1n) is 13.1. The van der Waals surface area contributed by atoms with E-state index in [1.807, 2.05) is 60.7 Å². The van der Waals surface area contributed by atoms with Crippen molar-refractivity contribution in [1.29, 1.82) is 0 Å². The zero-order valence-electron chi connectivity index (χ0n) is 21.9. The van der Waals surface area contributed by atoms with Crippen molar-refractivity contribution in [2.45, 2.75) is 5.92 Å². The zero-order valence-corrected chi connectivity index (χ0v) is 21.9. The highest BCUT2D eigenvalue weighted by Gasteiger charge is 2.60. The average Bonchev–Trinajstić information content (AvgIpc) is 3.25. The molecule has 0 N–H and O–H groups in total. The highest BCUT2D eigenvalue weighted by Crippen LogP contribution is 2.56. The Bertz CT molecular complexity index is 1740. The number of rotatable bonds is 4. The van der Waals surface area contributed by atoms with Crippen LogP contribution in [0.3, 0.4) is 0 Å². The molecule has 0 saturated carbocycles. The van der Waals surface area contributed by atoms with E-state index in [1.54, 1.807) is 37.4 Å². The Labute approximate surface area is 230 Å². The minimum atomic E-state index is -0.941. The van der Waals surface area contributed by atoms with Gasteiger partial charge in [0.05, 0.1) is 37.7 Å². The Morgan fingerprint density at radius 2 is 1.48 bits per heavy atom. The fourth-order valence-corrected chi connectivity index (χ4v) is 6.54. The standard InChI is InChI=1S/C33H25NO6/c1-38-20-14-11-19(12-15-20)22-17-23-27-21-8-4-3-7-18(21)13-16-26(27)40-33(37)29(23)30-28(22)31(35)34(32(30)36)24-9-5-6-10-25(24)39-2/h3-17,22,28-30H,1-2H3/t22-,28+,29-,30-/m0/s1. The summed E-state index contributed by atoms with van der Waals surface area (Å²) >= 11 is 0. The normalized spacial score (nSPS) is 23.2. The second kappa shape index (κ2) is 9.09. The molecule has 7 heteroatoms. The molecule has 0 radical (unpaired) electrons. The first-order chi connectivity index (χ1) is 19.5. The van der Waals surface area contributed by atoms with Gasteiger partial charge in [-0.1, -0.05) is 60.7 Å². The van der Waals surface area contributed by atoms with E-state index < -0.39 is 35.5 Å². The molecule has 7 nitrogen and oxygen atoms in total. The van der Waals surface area contributed by atoms with Gasteiger partial charge >= 0.3 is 5.97 Å². The number of ether oxygens (including phenoxy) is 3. The molecule has 0 spiro atoms. The van der Waals surface area contributed by atoms with E-state index in [1.165, 1.54) is 12.0 Å². The number of methoxy groups -OCH3 is 2. The smallest absolute Gasteiger partial charge is 0.319 e. The molecule has 198 valence electrons. The van der Waals surface area contributed by atoms with E-state index in [0.29, 0.717) is 28.5 Å². The lowest BCUT2D eigenvalue weighted by Gasteiger charge is -2.38. The van der Waals surface area contributed by atoms with Crippen LogP contribution in [0.25, 0.3) is 16.3 Å². The van der Waals surface area contributed by atoms with Gasteiger partial charge in [-0.25, -0.2) is 4.90 Å². The van der Waals surface area contributed by atoms with E-state index in [4.69, 9.17) is 14.2 Å². The number of carbonyl (C=O) groups excluding carboxylic acids is 3. The largest absolute Gasteiger partial charge is 0.497 e. The molecule has 7 rings (SSSR count). The Balaban J connectivity index is 1.47. The van der Waals surface area contributed by atoms with Crippen LogP contribution in [0, 0.1) is 17.8 Å². The summed E-state index contributed by atoms with van der Waals surface area (Å²) in [5, 5.41) is 1.92. The van der Waals surface area contributed by atoms with Crippen LogP contribution in [0.1, 0.15) is 17.0 Å². The quantitative estimate of drug-likeness (QED) is 0.200. The molecule has 1 fully saturated rings. The van der Waals surface area contributed by atoms with Gasteiger partial charge in [0.15, 0.2) is 0 Å². The topological polar surface area (TPSA) is 82.1 Å². The van der Waals surface area contributed by atoms with Crippen LogP contribution in [0.4, 0.5) is 5.69 Å². The van der Waals surface area contributed by atoms with Gasteiger partial charge in [0, 0.05) is 11.5 Å². The molecule has 2 aliphatic heterocycles. The van der Waals surface area contributed by atoms with Crippen LogP contribution >= 0.6 is 0 Å². The lowest BCUT2D eigenvalue weighted by molar-refractivity contribution is -0.142. The predicted molar refractivity (Wildman–Crippen MR) is 149 cm³/mol. The van der Waals surface area contributed by atoms with Crippen molar-refractivity contribution in [3.63, 3.8) is 0 Å². The van der Waals surface area contributed by atoms with Gasteiger partial charge < -0.3 is 14.2 Å². The molecule has 0 aromatic heterocycles. The molecule has 40 heavy (non-hydrogen) atoms. The molecule has 4 atom stereocenters. The van der Waals surface area contributed by atoms with Crippen molar-refractivity contribution in [3.8, 4) is 17.2 Å². The molecular weight excluding hydrogens is 506 g/mol. The molecular formula is C33H25NO6. The van der Waals surface area contributed by atoms with Crippen molar-refractivity contribution in [2.24, 2.45) is 17.8 Å². The first-order valence-corrected chi connectivity index (χ1v) is 13.1. The van der Waals surface area contributed by atoms with Crippen LogP contribution in [0.2, 0.25) is 0 Å². The minimum Gasteiger partial charge on any atom is -0.497 e. The van der Waals surface area contributed by atoms with Gasteiger partial charge in [0.2, 0.25) is 11.8 Å². The van der Waals surface area contributed by atoms with Crippen LogP contribution in [0.5, 0.6) is 17.2 Å². The third-order valence-electron chi connectivity index (χ3n) is 8.31. The molecule has 0 bridgehead atoms. The molecule has 4 aromatic rings. The molecule has 4 aromatic carbocycles. The van der Waals surface area contributed by atoms with E-state index in [-0.39, 0.29) is 5.91 Å². The number of benzene rings is 4. The van der Waals surface area contributed by atoms with Crippen LogP contribution < -0.4 is 19.1 Å². The predicted octanol–water partition coefficient (Wildman–Crippen LogP) is 5.38. The number of allylic oxidation sites excluding steroid dienone is 1. The number of hydrogen-bond donors (Lipinski definition) is 0. The first kappa shape index (κ1) is 24.2. The van der Waals surface area contributed by atoms with Crippen molar-refractivity contribution in [3.05, 3.63) is 102 Å². The number of para-hydroxylation sites is 2. The number of hydrogen-bond acceptors (Lipinski definition) is 6. The van der Waals surface area contributed by atoms with Crippen molar-refractivity contribution in [2.75, 3.05) is 19.1 Å². The zero-order chi connectivity index (χ0) is 27.5. The fraction of sp³-hybridized carbons (Fsp3) is 0.182. The molecule has 2 amide bonds. The molecule has 1 aliphatic carbocycles. The summed E-state index contributed by atoms with van der Waals surface area (Å²) in [6.45, 7) is 0. The van der Waals surface area contributed by atoms with Crippen molar-refractivity contribution < 1.29 is 28.6 Å². The Hall–Kier alpha value is -4.91. The Kier molecular flexibility index (Phi) is 5.49. The van der Waals surface area contributed by atoms with E-state index in [9.17, 15) is 14.4 Å². The number of amides is 2. The van der Waals surface area contributed by atoms with E-state index >= 15 is 0 Å². The van der Waals surface area contributed by atoms with Crippen molar-refractivity contribution >= 4 is 39.8 Å². The maximum absolute atomic E-state index is 14.3. The number of imide groups is 1. The molecule has 2 heterocycles. The van der Waals surface area contributed by atoms with Gasteiger partial charge in [-0.3, -0.25) is 14.4 Å². The second-order valence-electron chi connectivity index (χ2n) is 10.2. The number of nitrogens with zero attached hydrogens (tertiary/aromatic N) is 1. The van der Waals surface area contributed by atoms with Gasteiger partial charge in [-0.15, -0.1) is 0 Å². The summed E-state index contributed by atoms with van der Waals surface area (Å²) < 4.78 is 16.7. The van der Waals surface area contributed by atoms with Crippen molar-refractivity contribution in [1.82, 2.24) is 0 Å². The summed E-state index contributed by atoms with van der Waals surface area (Å²) in [5.41, 5.74) is 2.72. The lowest BCUT2D eigenvalue weighted by Crippen LogP contribution is -2.42. The number of fused-ring (bicyclic) bond motifs is 7. The monoisotopic (exact) mass is 531 g/mol. The summed E-state index contributed by atoms with van der Waals surface area (Å²) in [4.78, 5) is 43.3. The highest BCUT2D eigenvalue weighted by atomic mass is 16.5. The van der Waals surface area contributed by atoms with E-state index in [2.05, 4.69) is 0 Å². The Morgan fingerprint density at radius 3 is 2.25 bits per heavy atom. The average molecular weight is 532 g/mol. The number of anilines is 1. The maximum Gasteiger partial charge on any atom is 0.319 e. The van der Waals surface area contributed by atoms with Gasteiger partial charge in [0.25, 0.3) is 0 Å². The third-order valence-corrected chi connectivity index (χ3v) is 8.31. The summed E-state index contributed by atoms with van der Waals surface area (Å²) in [6.07, 6.45) is 2.00. The second-order valence-corrected chi connectivity index (χ2v) is 10.2. The highest BCUT2D eigenvalue weighted by molar-refractivity contribution is 6.25. The lowest BCUT2D eigenvalue weighted by atomic mass is 9.64. The number of esters is 1. The van der Waals surface area contributed by atoms with Crippen LogP contribution in [0.15, 0.2) is 91.0 Å². The number of carbonyl (C=O) groups is 3. The SMILES string of the molecule is COc1ccc([C@@H]2C=C3c4c(ccc5ccccc45)OC(=O)[C@@H]3[C@H]3C(=O)N(c4ccccc4OC)C(=O)[C@@H]32)cc1.